The van der Waals surface area contributed by atoms with Crippen molar-refractivity contribution in [3.8, 4) is 0 Å². The molecule has 0 aliphatic heterocycles. The first-order valence-corrected chi connectivity index (χ1v) is 7.31. The Kier molecular flexibility index (Phi) is 3.71. The van der Waals surface area contributed by atoms with E-state index in [1.54, 1.807) is 0 Å². The largest absolute Gasteiger partial charge is 0.470 e. The van der Waals surface area contributed by atoms with Crippen molar-refractivity contribution in [1.82, 2.24) is 4.57 Å². The highest BCUT2D eigenvalue weighted by Crippen LogP contribution is 2.17. The van der Waals surface area contributed by atoms with Gasteiger partial charge in [-0.1, -0.05) is 36.4 Å². The van der Waals surface area contributed by atoms with E-state index in [-0.39, 0.29) is 5.17 Å². The maximum Gasteiger partial charge on any atom is 0.283 e. The van der Waals surface area contributed by atoms with Gasteiger partial charge in [0.1, 0.15) is 0 Å². The Hall–Kier alpha value is -2.20. The Morgan fingerprint density at radius 2 is 1.57 bits per heavy atom. The van der Waals surface area contributed by atoms with Gasteiger partial charge in [0.2, 0.25) is 0 Å². The molecule has 0 bridgehead atoms. The molecule has 3 aromatic rings. The smallest absolute Gasteiger partial charge is 0.283 e. The molecule has 0 spiro atoms. The van der Waals surface area contributed by atoms with Crippen LogP contribution in [0.3, 0.4) is 0 Å². The Balaban J connectivity index is 2.49. The minimum Gasteiger partial charge on any atom is -0.470 e. The lowest BCUT2D eigenvalue weighted by Crippen LogP contribution is -2.13. The second-order valence-electron chi connectivity index (χ2n) is 4.75. The second kappa shape index (κ2) is 5.66. The minimum atomic E-state index is 0.279. The second-order valence-corrected chi connectivity index (χ2v) is 5.10. The number of pyridine rings is 1. The maximum absolute atomic E-state index is 5.33. The number of nitrogens with zero attached hydrogens (tertiary/aromatic N) is 2. The molecule has 0 atom stereocenters. The fourth-order valence-electron chi connectivity index (χ4n) is 2.58. The Morgan fingerprint density at radius 3 is 2.10 bits per heavy atom. The average Bonchev–Trinajstić information content (AvgIpc) is 2.52. The van der Waals surface area contributed by atoms with Crippen LogP contribution >= 0.6 is 12.2 Å². The van der Waals surface area contributed by atoms with Crippen LogP contribution < -0.4 is 5.36 Å². The molecule has 0 radical (unpaired) electrons. The predicted molar refractivity (Wildman–Crippen MR) is 90.2 cm³/mol. The Bertz CT molecular complexity index is 836. The molecule has 3 rings (SSSR count). The summed E-state index contributed by atoms with van der Waals surface area (Å²) in [6, 6.07) is 16.4. The van der Waals surface area contributed by atoms with Crippen molar-refractivity contribution in [3.63, 3.8) is 0 Å². The standard InChI is InChI=1S/C17H16N2OS/c1-3-20-17(21)18-16-12-8-4-6-10-14(12)19(2)15-11-7-5-9-13(15)16/h4-11H,3H2,1-2H3. The van der Waals surface area contributed by atoms with Crippen molar-refractivity contribution in [2.45, 2.75) is 6.92 Å². The van der Waals surface area contributed by atoms with Gasteiger partial charge in [-0.05, 0) is 31.3 Å². The van der Waals surface area contributed by atoms with E-state index in [9.17, 15) is 0 Å². The molecule has 0 saturated carbocycles. The zero-order valence-electron chi connectivity index (χ0n) is 12.0. The summed E-state index contributed by atoms with van der Waals surface area (Å²) in [6.45, 7) is 2.43. The van der Waals surface area contributed by atoms with Gasteiger partial charge >= 0.3 is 0 Å². The van der Waals surface area contributed by atoms with E-state index in [0.29, 0.717) is 6.61 Å². The van der Waals surface area contributed by atoms with Crippen LogP contribution in [0.25, 0.3) is 21.8 Å². The van der Waals surface area contributed by atoms with Gasteiger partial charge in [-0.2, -0.15) is 0 Å². The summed E-state index contributed by atoms with van der Waals surface area (Å²) in [5.41, 5.74) is 2.24. The van der Waals surface area contributed by atoms with Gasteiger partial charge in [0.15, 0.2) is 0 Å². The highest BCUT2D eigenvalue weighted by molar-refractivity contribution is 7.80. The molecule has 3 nitrogen and oxygen atoms in total. The molecule has 4 heteroatoms. The molecular formula is C17H16N2OS. The van der Waals surface area contributed by atoms with Crippen molar-refractivity contribution >= 4 is 39.2 Å². The number of hydrogen-bond acceptors (Lipinski definition) is 2. The molecule has 1 aromatic heterocycles. The van der Waals surface area contributed by atoms with Crippen molar-refractivity contribution in [3.05, 3.63) is 53.9 Å². The summed E-state index contributed by atoms with van der Waals surface area (Å²) in [5.74, 6) is 0. The van der Waals surface area contributed by atoms with E-state index in [0.717, 1.165) is 27.2 Å². The van der Waals surface area contributed by atoms with Gasteiger partial charge in [0.05, 0.1) is 23.0 Å². The predicted octanol–water partition coefficient (Wildman–Crippen LogP) is 3.55. The number of thiocarbonyl (C=S) groups is 1. The van der Waals surface area contributed by atoms with Crippen LogP contribution in [0.2, 0.25) is 0 Å². The van der Waals surface area contributed by atoms with Crippen LogP contribution in [0.5, 0.6) is 0 Å². The maximum atomic E-state index is 5.33. The Morgan fingerprint density at radius 1 is 1.05 bits per heavy atom. The number of hydrogen-bond donors (Lipinski definition) is 0. The summed E-state index contributed by atoms with van der Waals surface area (Å²) < 4.78 is 7.51. The molecular weight excluding hydrogens is 280 g/mol. The van der Waals surface area contributed by atoms with Crippen LogP contribution in [-0.4, -0.2) is 16.3 Å². The molecule has 21 heavy (non-hydrogen) atoms. The summed E-state index contributed by atoms with van der Waals surface area (Å²) in [5, 5.41) is 3.29. The molecule has 1 heterocycles. The third kappa shape index (κ3) is 2.43. The molecule has 0 fully saturated rings. The van der Waals surface area contributed by atoms with Crippen molar-refractivity contribution < 1.29 is 4.74 Å². The third-order valence-electron chi connectivity index (χ3n) is 3.51. The summed E-state index contributed by atoms with van der Waals surface area (Å²) >= 11 is 5.20. The molecule has 0 N–H and O–H groups in total. The van der Waals surface area contributed by atoms with Crippen LogP contribution in [0.1, 0.15) is 6.92 Å². The van der Waals surface area contributed by atoms with E-state index in [1.807, 2.05) is 31.2 Å². The van der Waals surface area contributed by atoms with Gasteiger partial charge in [-0.25, -0.2) is 4.99 Å². The molecule has 0 aliphatic rings. The van der Waals surface area contributed by atoms with Gasteiger partial charge in [-0.15, -0.1) is 0 Å². The zero-order chi connectivity index (χ0) is 14.8. The highest BCUT2D eigenvalue weighted by atomic mass is 32.1. The van der Waals surface area contributed by atoms with E-state index < -0.39 is 0 Å². The average molecular weight is 296 g/mol. The molecule has 0 amide bonds. The lowest BCUT2D eigenvalue weighted by atomic mass is 10.1. The van der Waals surface area contributed by atoms with Crippen LogP contribution in [0.15, 0.2) is 53.5 Å². The first kappa shape index (κ1) is 13.8. The van der Waals surface area contributed by atoms with Gasteiger partial charge < -0.3 is 9.30 Å². The van der Waals surface area contributed by atoms with Crippen LogP contribution in [0.4, 0.5) is 0 Å². The lowest BCUT2D eigenvalue weighted by molar-refractivity contribution is 0.331. The quantitative estimate of drug-likeness (QED) is 0.507. The number of para-hydroxylation sites is 2. The van der Waals surface area contributed by atoms with Gasteiger partial charge in [0.25, 0.3) is 5.17 Å². The van der Waals surface area contributed by atoms with E-state index in [1.165, 1.54) is 0 Å². The minimum absolute atomic E-state index is 0.279. The fourth-order valence-corrected chi connectivity index (χ4v) is 2.78. The number of rotatable bonds is 1. The van der Waals surface area contributed by atoms with Crippen LogP contribution in [0, 0.1) is 0 Å². The van der Waals surface area contributed by atoms with Crippen molar-refractivity contribution in [2.24, 2.45) is 12.0 Å². The van der Waals surface area contributed by atoms with E-state index in [2.05, 4.69) is 40.9 Å². The normalized spacial score (nSPS) is 10.8. The van der Waals surface area contributed by atoms with Gasteiger partial charge in [-0.3, -0.25) is 0 Å². The Labute approximate surface area is 128 Å². The van der Waals surface area contributed by atoms with Crippen molar-refractivity contribution in [1.29, 1.82) is 0 Å². The number of benzene rings is 2. The third-order valence-corrected chi connectivity index (χ3v) is 3.72. The lowest BCUT2D eigenvalue weighted by Gasteiger charge is -2.11. The first-order chi connectivity index (χ1) is 10.2. The summed E-state index contributed by atoms with van der Waals surface area (Å²) in [4.78, 5) is 4.54. The topological polar surface area (TPSA) is 26.5 Å². The fraction of sp³-hybridized carbons (Fsp3) is 0.176. The summed E-state index contributed by atoms with van der Waals surface area (Å²) in [7, 11) is 2.06. The zero-order valence-corrected chi connectivity index (χ0v) is 12.9. The molecule has 2 aromatic carbocycles. The molecule has 106 valence electrons. The monoisotopic (exact) mass is 296 g/mol. The van der Waals surface area contributed by atoms with Gasteiger partial charge in [0, 0.05) is 17.8 Å². The van der Waals surface area contributed by atoms with E-state index in [4.69, 9.17) is 17.0 Å². The first-order valence-electron chi connectivity index (χ1n) is 6.90. The number of ether oxygens (including phenoxy) is 1. The molecule has 0 aliphatic carbocycles. The molecule has 0 saturated heterocycles. The number of aromatic nitrogens is 1. The van der Waals surface area contributed by atoms with Crippen LogP contribution in [-0.2, 0) is 11.8 Å². The SMILES string of the molecule is CCOC(=S)N=c1c2ccccc2n(C)c2ccccc12. The summed E-state index contributed by atoms with van der Waals surface area (Å²) in [6.07, 6.45) is 0. The van der Waals surface area contributed by atoms with Crippen molar-refractivity contribution in [2.75, 3.05) is 6.61 Å². The number of fused-ring (bicyclic) bond motifs is 2. The van der Waals surface area contributed by atoms with E-state index >= 15 is 0 Å². The highest BCUT2D eigenvalue weighted by Gasteiger charge is 2.07. The number of aryl methyl sites for hydroxylation is 1. The molecule has 0 unspecified atom stereocenters.